The highest BCUT2D eigenvalue weighted by molar-refractivity contribution is 5.81. The molecular weight excluding hydrogens is 364 g/mol. The molecule has 4 fully saturated rings. The Bertz CT molecular complexity index is 591. The van der Waals surface area contributed by atoms with Gasteiger partial charge < -0.3 is 25.2 Å². The average Bonchev–Trinajstić information content (AvgIpc) is 2.54. The summed E-state index contributed by atoms with van der Waals surface area (Å²) in [5, 5.41) is 14.0. The normalized spacial score (nSPS) is 31.8. The lowest BCUT2D eigenvalue weighted by Gasteiger charge is -2.56. The number of nitrogens with one attached hydrogen (secondary N) is 2. The Morgan fingerprint density at radius 2 is 1.57 bits per heavy atom. The molecule has 0 unspecified atom stereocenters. The van der Waals surface area contributed by atoms with Crippen LogP contribution in [0.1, 0.15) is 59.3 Å². The number of hydrogen-bond acceptors (Lipinski definition) is 5. The van der Waals surface area contributed by atoms with E-state index in [4.69, 9.17) is 9.47 Å². The molecule has 0 aromatic rings. The van der Waals surface area contributed by atoms with Crippen LogP contribution in [0.25, 0.3) is 0 Å². The maximum atomic E-state index is 12.2. The molecule has 0 heterocycles. The smallest absolute Gasteiger partial charge is 0.407 e. The van der Waals surface area contributed by atoms with Gasteiger partial charge in [0.05, 0.1) is 13.2 Å². The van der Waals surface area contributed by atoms with Gasteiger partial charge >= 0.3 is 18.2 Å². The minimum atomic E-state index is -1.28. The van der Waals surface area contributed by atoms with E-state index in [1.54, 1.807) is 20.8 Å². The predicted molar refractivity (Wildman–Crippen MR) is 101 cm³/mol. The van der Waals surface area contributed by atoms with Gasteiger partial charge in [-0.25, -0.2) is 14.4 Å². The molecule has 3 N–H and O–H groups in total. The Morgan fingerprint density at radius 1 is 1.04 bits per heavy atom. The van der Waals surface area contributed by atoms with Crippen molar-refractivity contribution in [3.63, 3.8) is 0 Å². The summed E-state index contributed by atoms with van der Waals surface area (Å²) < 4.78 is 10.5. The largest absolute Gasteiger partial charge is 0.480 e. The van der Waals surface area contributed by atoms with Gasteiger partial charge in [-0.2, -0.15) is 0 Å². The van der Waals surface area contributed by atoms with Crippen molar-refractivity contribution >= 4 is 18.2 Å². The van der Waals surface area contributed by atoms with Gasteiger partial charge in [0.15, 0.2) is 0 Å². The Labute approximate surface area is 165 Å². The van der Waals surface area contributed by atoms with Gasteiger partial charge in [-0.15, -0.1) is 0 Å². The van der Waals surface area contributed by atoms with E-state index in [1.165, 1.54) is 19.3 Å². The molecule has 4 bridgehead atoms. The lowest BCUT2D eigenvalue weighted by Crippen LogP contribution is -2.51. The molecule has 2 amide bonds. The van der Waals surface area contributed by atoms with Crippen LogP contribution in [0.15, 0.2) is 0 Å². The number of amides is 2. The van der Waals surface area contributed by atoms with Crippen LogP contribution in [0.3, 0.4) is 0 Å². The molecule has 4 aliphatic rings. The van der Waals surface area contributed by atoms with Gasteiger partial charge in [-0.1, -0.05) is 0 Å². The van der Waals surface area contributed by atoms with Gasteiger partial charge in [0, 0.05) is 5.41 Å². The third kappa shape index (κ3) is 5.29. The van der Waals surface area contributed by atoms with Crippen molar-refractivity contribution in [1.29, 1.82) is 0 Å². The van der Waals surface area contributed by atoms with E-state index in [-0.39, 0.29) is 12.0 Å². The van der Waals surface area contributed by atoms with Crippen molar-refractivity contribution in [1.82, 2.24) is 10.6 Å². The van der Waals surface area contributed by atoms with E-state index in [1.807, 2.05) is 0 Å². The highest BCUT2D eigenvalue weighted by Gasteiger charge is 2.51. The van der Waals surface area contributed by atoms with Crippen molar-refractivity contribution in [3.05, 3.63) is 0 Å². The van der Waals surface area contributed by atoms with Crippen molar-refractivity contribution in [2.75, 3.05) is 13.2 Å². The van der Waals surface area contributed by atoms with Gasteiger partial charge in [-0.3, -0.25) is 0 Å². The van der Waals surface area contributed by atoms with E-state index < -0.39 is 29.8 Å². The van der Waals surface area contributed by atoms with Crippen LogP contribution in [0, 0.1) is 23.2 Å². The van der Waals surface area contributed by atoms with Gasteiger partial charge in [0.25, 0.3) is 0 Å². The molecule has 0 saturated heterocycles. The van der Waals surface area contributed by atoms with Crippen LogP contribution in [0.4, 0.5) is 9.59 Å². The third-order valence-corrected chi connectivity index (χ3v) is 6.11. The van der Waals surface area contributed by atoms with E-state index in [0.717, 1.165) is 37.0 Å². The second-order valence-electron chi connectivity index (χ2n) is 9.91. The van der Waals surface area contributed by atoms with Crippen molar-refractivity contribution < 1.29 is 29.0 Å². The SMILES string of the molecule is CC(C)(C)OC(=O)NC[C@H](NC(=O)OCC12CC3CC(CC(C3)C1)C2)C(=O)O. The van der Waals surface area contributed by atoms with Crippen molar-refractivity contribution in [2.24, 2.45) is 23.2 Å². The number of carbonyl (C=O) groups is 3. The van der Waals surface area contributed by atoms with Crippen LogP contribution in [-0.2, 0) is 14.3 Å². The van der Waals surface area contributed by atoms with E-state index >= 15 is 0 Å². The number of ether oxygens (including phenoxy) is 2. The molecular formula is C20H32N2O6. The third-order valence-electron chi connectivity index (χ3n) is 6.11. The highest BCUT2D eigenvalue weighted by atomic mass is 16.6. The lowest BCUT2D eigenvalue weighted by molar-refractivity contribution is -0.139. The molecule has 28 heavy (non-hydrogen) atoms. The first-order chi connectivity index (χ1) is 13.0. The fraction of sp³-hybridized carbons (Fsp3) is 0.850. The first-order valence-electron chi connectivity index (χ1n) is 10.2. The summed E-state index contributed by atoms with van der Waals surface area (Å²) in [5.74, 6) is 1.01. The maximum absolute atomic E-state index is 12.2. The minimum Gasteiger partial charge on any atom is -0.480 e. The van der Waals surface area contributed by atoms with Crippen molar-refractivity contribution in [3.8, 4) is 0 Å². The molecule has 8 nitrogen and oxygen atoms in total. The van der Waals surface area contributed by atoms with Crippen LogP contribution >= 0.6 is 0 Å². The average molecular weight is 396 g/mol. The molecule has 0 radical (unpaired) electrons. The number of rotatable bonds is 6. The highest BCUT2D eigenvalue weighted by Crippen LogP contribution is 2.60. The summed E-state index contributed by atoms with van der Waals surface area (Å²) in [4.78, 5) is 35.3. The summed E-state index contributed by atoms with van der Waals surface area (Å²) in [6, 6.07) is -1.28. The second kappa shape index (κ2) is 7.79. The number of aliphatic carboxylic acids is 1. The second-order valence-corrected chi connectivity index (χ2v) is 9.91. The number of alkyl carbamates (subject to hydrolysis) is 2. The first-order valence-corrected chi connectivity index (χ1v) is 10.2. The number of carboxylic acid groups (broad SMARTS) is 1. The molecule has 4 aliphatic carbocycles. The van der Waals surface area contributed by atoms with Gasteiger partial charge in [-0.05, 0) is 77.0 Å². The molecule has 8 heteroatoms. The van der Waals surface area contributed by atoms with Gasteiger partial charge in [0.2, 0.25) is 0 Å². The topological polar surface area (TPSA) is 114 Å². The monoisotopic (exact) mass is 396 g/mol. The Kier molecular flexibility index (Phi) is 5.77. The lowest BCUT2D eigenvalue weighted by atomic mass is 9.50. The molecule has 4 rings (SSSR count). The Balaban J connectivity index is 1.45. The summed E-state index contributed by atoms with van der Waals surface area (Å²) in [5.41, 5.74) is -0.618. The van der Waals surface area contributed by atoms with E-state index in [2.05, 4.69) is 10.6 Å². The van der Waals surface area contributed by atoms with Gasteiger partial charge in [0.1, 0.15) is 11.6 Å². The standard InChI is InChI=1S/C20H32N2O6/c1-19(2,3)28-17(25)21-10-15(16(23)24)22-18(26)27-11-20-7-12-4-13(8-20)6-14(5-12)9-20/h12-15H,4-11H2,1-3H3,(H,21,25)(H,22,26)(H,23,24)/t12?,13?,14?,15-,20?/m0/s1. The summed E-state index contributed by atoms with van der Waals surface area (Å²) in [6.07, 6.45) is 5.75. The molecule has 0 aliphatic heterocycles. The number of carbonyl (C=O) groups excluding carboxylic acids is 2. The van der Waals surface area contributed by atoms with E-state index in [0.29, 0.717) is 6.61 Å². The maximum Gasteiger partial charge on any atom is 0.407 e. The first kappa shape index (κ1) is 20.7. The van der Waals surface area contributed by atoms with Crippen LogP contribution in [0.2, 0.25) is 0 Å². The van der Waals surface area contributed by atoms with Crippen LogP contribution < -0.4 is 10.6 Å². The zero-order chi connectivity index (χ0) is 20.5. The van der Waals surface area contributed by atoms with Crippen LogP contribution in [0.5, 0.6) is 0 Å². The fourth-order valence-corrected chi connectivity index (χ4v) is 5.57. The summed E-state index contributed by atoms with van der Waals surface area (Å²) in [6.45, 7) is 5.19. The molecule has 4 saturated carbocycles. The fourth-order valence-electron chi connectivity index (χ4n) is 5.57. The summed E-state index contributed by atoms with van der Waals surface area (Å²) in [7, 11) is 0. The molecule has 0 aromatic heterocycles. The Morgan fingerprint density at radius 3 is 2.04 bits per heavy atom. The van der Waals surface area contributed by atoms with E-state index in [9.17, 15) is 19.5 Å². The molecule has 0 aromatic carbocycles. The molecule has 158 valence electrons. The number of hydrogen-bond donors (Lipinski definition) is 3. The zero-order valence-electron chi connectivity index (χ0n) is 17.0. The van der Waals surface area contributed by atoms with Crippen molar-refractivity contribution in [2.45, 2.75) is 70.9 Å². The quantitative estimate of drug-likeness (QED) is 0.636. The summed E-state index contributed by atoms with van der Waals surface area (Å²) >= 11 is 0. The molecule has 0 spiro atoms. The number of carboxylic acids is 1. The Hall–Kier alpha value is -1.99. The van der Waals surface area contributed by atoms with Crippen LogP contribution in [-0.4, -0.2) is 48.1 Å². The molecule has 1 atom stereocenters. The predicted octanol–water partition coefficient (Wildman–Crippen LogP) is 2.91. The zero-order valence-corrected chi connectivity index (χ0v) is 17.0. The minimum absolute atomic E-state index is 0.0690.